The molecule has 5 nitrogen and oxygen atoms in total. The van der Waals surface area contributed by atoms with Crippen molar-refractivity contribution >= 4 is 23.6 Å². The summed E-state index contributed by atoms with van der Waals surface area (Å²) in [5.74, 6) is -2.95. The molecule has 8 heteroatoms. The monoisotopic (exact) mass is 326 g/mol. The minimum atomic E-state index is -5.01. The van der Waals surface area contributed by atoms with E-state index in [-0.39, 0.29) is 16.8 Å². The second kappa shape index (κ2) is 7.45. The van der Waals surface area contributed by atoms with Gasteiger partial charge in [-0.2, -0.15) is 18.4 Å². The number of hydrogen-bond acceptors (Lipinski definition) is 4. The highest BCUT2D eigenvalue weighted by Crippen LogP contribution is 2.20. The van der Waals surface area contributed by atoms with E-state index in [4.69, 9.17) is 10.00 Å². The summed E-state index contributed by atoms with van der Waals surface area (Å²) in [5.41, 5.74) is -0.157. The molecule has 0 aromatic heterocycles. The molecule has 0 spiro atoms. The van der Waals surface area contributed by atoms with Crippen LogP contribution in [0.1, 0.15) is 19.4 Å². The maximum atomic E-state index is 12.2. The highest BCUT2D eigenvalue weighted by Gasteiger charge is 2.38. The van der Waals surface area contributed by atoms with Gasteiger partial charge in [0.1, 0.15) is 11.6 Å². The lowest BCUT2D eigenvalue weighted by molar-refractivity contribution is -0.167. The first-order valence-electron chi connectivity index (χ1n) is 6.44. The molecule has 0 radical (unpaired) electrons. The van der Waals surface area contributed by atoms with Gasteiger partial charge in [-0.05, 0) is 37.6 Å². The molecule has 122 valence electrons. The zero-order valence-electron chi connectivity index (χ0n) is 12.3. The molecule has 0 heterocycles. The Balaban J connectivity index is 3.00. The number of halogens is 3. The van der Waals surface area contributed by atoms with Gasteiger partial charge in [-0.1, -0.05) is 12.1 Å². The highest BCUT2D eigenvalue weighted by molar-refractivity contribution is 5.98. The second-order valence-corrected chi connectivity index (χ2v) is 4.70. The summed E-state index contributed by atoms with van der Waals surface area (Å²) in [6, 6.07) is 6.94. The maximum Gasteiger partial charge on any atom is 0.471 e. The topological polar surface area (TPSA) is 79.2 Å². The number of carbonyl (C=O) groups is 2. The number of amides is 1. The molecule has 1 aromatic rings. The third kappa shape index (κ3) is 5.82. The van der Waals surface area contributed by atoms with Crippen LogP contribution in [-0.2, 0) is 14.3 Å². The first kappa shape index (κ1) is 18.2. The van der Waals surface area contributed by atoms with Crippen molar-refractivity contribution in [3.63, 3.8) is 0 Å². The molecule has 0 unspecified atom stereocenters. The van der Waals surface area contributed by atoms with E-state index in [2.05, 4.69) is 0 Å². The molecule has 0 saturated heterocycles. The number of benzene rings is 1. The van der Waals surface area contributed by atoms with Crippen LogP contribution in [0.5, 0.6) is 0 Å². The molecular weight excluding hydrogens is 313 g/mol. The molecule has 0 aliphatic rings. The van der Waals surface area contributed by atoms with E-state index >= 15 is 0 Å². The van der Waals surface area contributed by atoms with Crippen LogP contribution >= 0.6 is 0 Å². The summed E-state index contributed by atoms with van der Waals surface area (Å²) in [4.78, 5) is 22.5. The third-order valence-corrected chi connectivity index (χ3v) is 2.40. The first-order chi connectivity index (χ1) is 10.6. The van der Waals surface area contributed by atoms with Crippen LogP contribution < -0.4 is 5.32 Å². The Morgan fingerprint density at radius 2 is 2.00 bits per heavy atom. The number of nitrogens with zero attached hydrogens (tertiary/aromatic N) is 1. The van der Waals surface area contributed by atoms with Gasteiger partial charge < -0.3 is 10.1 Å². The van der Waals surface area contributed by atoms with Crippen LogP contribution in [-0.4, -0.2) is 24.2 Å². The summed E-state index contributed by atoms with van der Waals surface area (Å²) in [5, 5.41) is 10.6. The van der Waals surface area contributed by atoms with E-state index in [0.717, 1.165) is 6.08 Å². The van der Waals surface area contributed by atoms with Crippen LogP contribution in [0.25, 0.3) is 6.08 Å². The van der Waals surface area contributed by atoms with Gasteiger partial charge in [-0.15, -0.1) is 0 Å². The zero-order valence-corrected chi connectivity index (χ0v) is 12.3. The van der Waals surface area contributed by atoms with Crippen LogP contribution in [0.3, 0.4) is 0 Å². The van der Waals surface area contributed by atoms with Crippen LogP contribution in [0.4, 0.5) is 18.9 Å². The molecule has 0 atom stereocenters. The van der Waals surface area contributed by atoms with Gasteiger partial charge in [-0.3, -0.25) is 4.79 Å². The number of alkyl halides is 3. The summed E-state index contributed by atoms with van der Waals surface area (Å²) in [6.07, 6.45) is -4.27. The van der Waals surface area contributed by atoms with Gasteiger partial charge in [0, 0.05) is 5.69 Å². The summed E-state index contributed by atoms with van der Waals surface area (Å²) < 4.78 is 41.5. The Bertz CT molecular complexity index is 673. The summed E-state index contributed by atoms with van der Waals surface area (Å²) in [7, 11) is 0. The minimum Gasteiger partial charge on any atom is -0.459 e. The van der Waals surface area contributed by atoms with Crippen molar-refractivity contribution in [3.05, 3.63) is 35.4 Å². The normalized spacial score (nSPS) is 11.8. The van der Waals surface area contributed by atoms with Gasteiger partial charge in [-0.25, -0.2) is 4.79 Å². The molecule has 0 fully saturated rings. The number of anilines is 1. The number of ether oxygens (including phenoxy) is 1. The number of carbonyl (C=O) groups excluding carboxylic acids is 2. The average Bonchev–Trinajstić information content (AvgIpc) is 2.43. The number of nitriles is 1. The van der Waals surface area contributed by atoms with E-state index in [1.807, 2.05) is 0 Å². The fourth-order valence-electron chi connectivity index (χ4n) is 1.49. The fourth-order valence-corrected chi connectivity index (χ4v) is 1.49. The lowest BCUT2D eigenvalue weighted by atomic mass is 10.1. The van der Waals surface area contributed by atoms with Crippen molar-refractivity contribution in [2.45, 2.75) is 26.1 Å². The predicted molar refractivity (Wildman–Crippen MR) is 75.9 cm³/mol. The molecule has 0 aliphatic carbocycles. The van der Waals surface area contributed by atoms with Gasteiger partial charge in [0.15, 0.2) is 0 Å². The number of rotatable bonds is 4. The standard InChI is InChI=1S/C15H13F3N2O3/c1-9(2)23-13(21)11(8-19)6-10-4-3-5-12(7-10)20-14(22)15(16,17)18/h3-7,9H,1-2H3,(H,20,22)/b11-6+. The van der Waals surface area contributed by atoms with Crippen molar-refractivity contribution in [1.29, 1.82) is 5.26 Å². The van der Waals surface area contributed by atoms with E-state index < -0.39 is 24.2 Å². The smallest absolute Gasteiger partial charge is 0.459 e. The Kier molecular flexibility index (Phi) is 5.90. The van der Waals surface area contributed by atoms with Gasteiger partial charge >= 0.3 is 18.1 Å². The largest absolute Gasteiger partial charge is 0.471 e. The van der Waals surface area contributed by atoms with E-state index in [1.165, 1.54) is 24.3 Å². The van der Waals surface area contributed by atoms with Crippen molar-refractivity contribution in [2.75, 3.05) is 5.32 Å². The maximum absolute atomic E-state index is 12.2. The van der Waals surface area contributed by atoms with Crippen molar-refractivity contribution < 1.29 is 27.5 Å². The van der Waals surface area contributed by atoms with Crippen molar-refractivity contribution in [3.8, 4) is 6.07 Å². The van der Waals surface area contributed by atoms with E-state index in [0.29, 0.717) is 0 Å². The minimum absolute atomic E-state index is 0.115. The van der Waals surface area contributed by atoms with Crippen LogP contribution in [0.2, 0.25) is 0 Å². The molecule has 0 saturated carbocycles. The van der Waals surface area contributed by atoms with Crippen molar-refractivity contribution in [1.82, 2.24) is 0 Å². The van der Waals surface area contributed by atoms with Crippen molar-refractivity contribution in [2.24, 2.45) is 0 Å². The molecule has 1 amide bonds. The Hall–Kier alpha value is -2.82. The molecule has 1 rings (SSSR count). The fraction of sp³-hybridized carbons (Fsp3) is 0.267. The molecular formula is C15H13F3N2O3. The van der Waals surface area contributed by atoms with E-state index in [1.54, 1.807) is 25.2 Å². The molecule has 1 N–H and O–H groups in total. The summed E-state index contributed by atoms with van der Waals surface area (Å²) in [6.45, 7) is 3.22. The lowest BCUT2D eigenvalue weighted by Crippen LogP contribution is -2.29. The van der Waals surface area contributed by atoms with Gasteiger partial charge in [0.05, 0.1) is 6.10 Å². The van der Waals surface area contributed by atoms with Crippen LogP contribution in [0.15, 0.2) is 29.8 Å². The van der Waals surface area contributed by atoms with Gasteiger partial charge in [0.2, 0.25) is 0 Å². The number of hydrogen-bond donors (Lipinski definition) is 1. The molecule has 0 bridgehead atoms. The van der Waals surface area contributed by atoms with Crippen LogP contribution in [0, 0.1) is 11.3 Å². The third-order valence-electron chi connectivity index (χ3n) is 2.40. The molecule has 23 heavy (non-hydrogen) atoms. The number of esters is 1. The number of nitrogens with one attached hydrogen (secondary N) is 1. The van der Waals surface area contributed by atoms with E-state index in [9.17, 15) is 22.8 Å². The molecule has 0 aliphatic heterocycles. The first-order valence-corrected chi connectivity index (χ1v) is 6.44. The zero-order chi connectivity index (χ0) is 17.6. The lowest BCUT2D eigenvalue weighted by Gasteiger charge is -2.09. The quantitative estimate of drug-likeness (QED) is 0.524. The molecule has 1 aromatic carbocycles. The SMILES string of the molecule is CC(C)OC(=O)/C(C#N)=C/c1cccc(NC(=O)C(F)(F)F)c1. The van der Waals surface area contributed by atoms with Gasteiger partial charge in [0.25, 0.3) is 0 Å². The average molecular weight is 326 g/mol. The summed E-state index contributed by atoms with van der Waals surface area (Å²) >= 11 is 0. The Labute approximate surface area is 130 Å². The Morgan fingerprint density at radius 1 is 1.35 bits per heavy atom. The predicted octanol–water partition coefficient (Wildman–Crippen LogP) is 3.05. The highest BCUT2D eigenvalue weighted by atomic mass is 19.4. The Morgan fingerprint density at radius 3 is 2.52 bits per heavy atom. The second-order valence-electron chi connectivity index (χ2n) is 4.70.